The maximum atomic E-state index is 10.4. The summed E-state index contributed by atoms with van der Waals surface area (Å²) in [6, 6.07) is 5.28. The van der Waals surface area contributed by atoms with Gasteiger partial charge in [-0.05, 0) is 68.6 Å². The number of phenolic OH excluding ortho intramolecular Hbond substituents is 1. The lowest BCUT2D eigenvalue weighted by Gasteiger charge is -2.36. The highest BCUT2D eigenvalue weighted by molar-refractivity contribution is 14.0. The van der Waals surface area contributed by atoms with Crippen molar-refractivity contribution in [2.24, 2.45) is 4.99 Å². The number of halogens is 1. The average molecular weight is 512 g/mol. The van der Waals surface area contributed by atoms with Crippen molar-refractivity contribution < 1.29 is 5.11 Å². The van der Waals surface area contributed by atoms with Crippen molar-refractivity contribution in [3.63, 3.8) is 0 Å². The number of nitrogens with zero attached hydrogens (tertiary/aromatic N) is 2. The molecule has 1 saturated carbocycles. The van der Waals surface area contributed by atoms with Crippen LogP contribution in [0.1, 0.15) is 68.1 Å². The lowest BCUT2D eigenvalue weighted by Crippen LogP contribution is -2.50. The van der Waals surface area contributed by atoms with Crippen molar-refractivity contribution in [3.8, 4) is 5.75 Å². The van der Waals surface area contributed by atoms with Gasteiger partial charge in [0.2, 0.25) is 0 Å². The number of nitrogens with one attached hydrogen (secondary N) is 2. The smallest absolute Gasteiger partial charge is 0.191 e. The molecule has 1 saturated heterocycles. The summed E-state index contributed by atoms with van der Waals surface area (Å²) in [5.74, 6) is 1.26. The van der Waals surface area contributed by atoms with E-state index in [2.05, 4.69) is 26.6 Å². The summed E-state index contributed by atoms with van der Waals surface area (Å²) >= 11 is 0. The van der Waals surface area contributed by atoms with Crippen LogP contribution in [0.25, 0.3) is 0 Å². The summed E-state index contributed by atoms with van der Waals surface area (Å²) in [6.45, 7) is 3.04. The first-order valence-corrected chi connectivity index (χ1v) is 11.3. The van der Waals surface area contributed by atoms with Crippen LogP contribution in [-0.2, 0) is 19.4 Å². The van der Waals surface area contributed by atoms with E-state index in [1.54, 1.807) is 0 Å². The molecule has 6 heteroatoms. The van der Waals surface area contributed by atoms with Gasteiger partial charge in [-0.15, -0.1) is 24.0 Å². The van der Waals surface area contributed by atoms with Gasteiger partial charge in [-0.25, -0.2) is 0 Å². The number of rotatable bonds is 4. The number of hydrogen-bond donors (Lipinski definition) is 3. The Balaban J connectivity index is 0.00000240. The van der Waals surface area contributed by atoms with E-state index in [1.165, 1.54) is 75.6 Å². The number of piperidine rings is 1. The van der Waals surface area contributed by atoms with Gasteiger partial charge in [-0.1, -0.05) is 18.9 Å². The fourth-order valence-electron chi connectivity index (χ4n) is 5.33. The van der Waals surface area contributed by atoms with Crippen LogP contribution in [0.2, 0.25) is 0 Å². The van der Waals surface area contributed by atoms with Gasteiger partial charge in [-0.2, -0.15) is 0 Å². The van der Waals surface area contributed by atoms with E-state index in [0.29, 0.717) is 18.3 Å². The van der Waals surface area contributed by atoms with E-state index >= 15 is 0 Å². The average Bonchev–Trinajstić information content (AvgIpc) is 3.27. The number of likely N-dealkylation sites (tertiary alicyclic amines) is 1. The third-order valence-electron chi connectivity index (χ3n) is 6.99. The highest BCUT2D eigenvalue weighted by Crippen LogP contribution is 2.30. The van der Waals surface area contributed by atoms with E-state index in [1.807, 2.05) is 13.1 Å². The van der Waals surface area contributed by atoms with Crippen LogP contribution < -0.4 is 10.6 Å². The minimum absolute atomic E-state index is 0. The molecule has 0 spiro atoms. The number of hydrogen-bond acceptors (Lipinski definition) is 3. The minimum atomic E-state index is 0. The fourth-order valence-corrected chi connectivity index (χ4v) is 5.33. The zero-order valence-electron chi connectivity index (χ0n) is 17.8. The molecular formula is C23H37IN4O. The van der Waals surface area contributed by atoms with Crippen molar-refractivity contribution in [2.75, 3.05) is 20.1 Å². The van der Waals surface area contributed by atoms with E-state index in [4.69, 9.17) is 0 Å². The second kappa shape index (κ2) is 10.8. The van der Waals surface area contributed by atoms with Crippen molar-refractivity contribution >= 4 is 29.9 Å². The molecule has 3 N–H and O–H groups in total. The van der Waals surface area contributed by atoms with Crippen molar-refractivity contribution in [2.45, 2.75) is 82.8 Å². The lowest BCUT2D eigenvalue weighted by atomic mass is 9.88. The molecule has 2 aliphatic carbocycles. The number of benzene rings is 1. The Morgan fingerprint density at radius 3 is 2.52 bits per heavy atom. The molecule has 1 aromatic carbocycles. The molecule has 3 aliphatic rings. The quantitative estimate of drug-likeness (QED) is 0.325. The third-order valence-corrected chi connectivity index (χ3v) is 6.99. The lowest BCUT2D eigenvalue weighted by molar-refractivity contribution is 0.150. The monoisotopic (exact) mass is 512 g/mol. The Kier molecular flexibility index (Phi) is 8.47. The van der Waals surface area contributed by atoms with Gasteiger partial charge >= 0.3 is 0 Å². The molecule has 5 nitrogen and oxygen atoms in total. The fraction of sp³-hybridized carbons (Fsp3) is 0.696. The van der Waals surface area contributed by atoms with E-state index in [0.717, 1.165) is 30.4 Å². The Morgan fingerprint density at radius 1 is 1.07 bits per heavy atom. The van der Waals surface area contributed by atoms with E-state index < -0.39 is 0 Å². The van der Waals surface area contributed by atoms with Gasteiger partial charge in [0.1, 0.15) is 5.75 Å². The number of guanidine groups is 1. The third kappa shape index (κ3) is 5.57. The maximum Gasteiger partial charge on any atom is 0.191 e. The summed E-state index contributed by atoms with van der Waals surface area (Å²) < 4.78 is 0. The molecule has 1 aliphatic heterocycles. The zero-order valence-corrected chi connectivity index (χ0v) is 20.1. The van der Waals surface area contributed by atoms with Crippen LogP contribution in [0.15, 0.2) is 17.1 Å². The highest BCUT2D eigenvalue weighted by atomic mass is 127. The summed E-state index contributed by atoms with van der Waals surface area (Å²) in [6.07, 6.45) is 12.7. The molecule has 0 unspecified atom stereocenters. The molecule has 0 atom stereocenters. The summed E-state index contributed by atoms with van der Waals surface area (Å²) in [4.78, 5) is 7.14. The van der Waals surface area contributed by atoms with Crippen LogP contribution in [0, 0.1) is 0 Å². The molecule has 0 bridgehead atoms. The molecule has 0 amide bonds. The first kappa shape index (κ1) is 22.7. The highest BCUT2D eigenvalue weighted by Gasteiger charge is 2.27. The first-order valence-electron chi connectivity index (χ1n) is 11.3. The molecule has 0 radical (unpaired) electrons. The van der Waals surface area contributed by atoms with Gasteiger partial charge in [0, 0.05) is 44.3 Å². The van der Waals surface area contributed by atoms with Crippen molar-refractivity contribution in [1.29, 1.82) is 0 Å². The Hall–Kier alpha value is -1.02. The molecule has 1 heterocycles. The number of fused-ring (bicyclic) bond motifs is 1. The van der Waals surface area contributed by atoms with Gasteiger partial charge in [0.05, 0.1) is 0 Å². The Labute approximate surface area is 192 Å². The van der Waals surface area contributed by atoms with Crippen molar-refractivity contribution in [3.05, 3.63) is 28.8 Å². The maximum absolute atomic E-state index is 10.4. The van der Waals surface area contributed by atoms with Gasteiger partial charge in [-0.3, -0.25) is 4.99 Å². The Morgan fingerprint density at radius 2 is 1.79 bits per heavy atom. The number of aryl methyl sites for hydroxylation is 1. The van der Waals surface area contributed by atoms with Crippen LogP contribution in [0.3, 0.4) is 0 Å². The first-order chi connectivity index (χ1) is 13.7. The number of aliphatic imine (C=N–C) groups is 1. The summed E-state index contributed by atoms with van der Waals surface area (Å²) in [5.41, 5.74) is 3.80. The molecule has 4 rings (SSSR count). The Bertz CT molecular complexity index is 694. The van der Waals surface area contributed by atoms with E-state index in [9.17, 15) is 5.11 Å². The zero-order chi connectivity index (χ0) is 19.3. The van der Waals surface area contributed by atoms with Gasteiger partial charge < -0.3 is 20.6 Å². The molecule has 2 fully saturated rings. The normalized spacial score (nSPS) is 21.5. The standard InChI is InChI=1S/C23H36N4O.HI/c1-24-23(26-18-12-14-27(15-13-18)19-7-3-4-8-19)25-16-21-20-9-5-2-6-17(20)10-11-22(21)28;/h10-11,18-19,28H,2-9,12-16H2,1H3,(H2,24,25,26);1H. The van der Waals surface area contributed by atoms with Crippen molar-refractivity contribution in [1.82, 2.24) is 15.5 Å². The van der Waals surface area contributed by atoms with E-state index in [-0.39, 0.29) is 24.0 Å². The SMILES string of the molecule is CN=C(NCc1c(O)ccc2c1CCCC2)NC1CCN(C2CCCC2)CC1.I. The topological polar surface area (TPSA) is 59.9 Å². The molecule has 29 heavy (non-hydrogen) atoms. The van der Waals surface area contributed by atoms with Crippen LogP contribution in [0.4, 0.5) is 0 Å². The number of phenols is 1. The molecular weight excluding hydrogens is 475 g/mol. The predicted octanol–water partition coefficient (Wildman–Crippen LogP) is 3.96. The second-order valence-electron chi connectivity index (χ2n) is 8.73. The second-order valence-corrected chi connectivity index (χ2v) is 8.73. The molecule has 0 aromatic heterocycles. The predicted molar refractivity (Wildman–Crippen MR) is 130 cm³/mol. The summed E-state index contributed by atoms with van der Waals surface area (Å²) in [7, 11) is 1.84. The minimum Gasteiger partial charge on any atom is -0.508 e. The van der Waals surface area contributed by atoms with Gasteiger partial charge in [0.25, 0.3) is 0 Å². The number of aromatic hydroxyl groups is 1. The molecule has 162 valence electrons. The van der Waals surface area contributed by atoms with Gasteiger partial charge in [0.15, 0.2) is 5.96 Å². The summed E-state index contributed by atoms with van der Waals surface area (Å²) in [5, 5.41) is 17.5. The van der Waals surface area contributed by atoms with Crippen LogP contribution in [-0.4, -0.2) is 48.2 Å². The van der Waals surface area contributed by atoms with Crippen LogP contribution >= 0.6 is 24.0 Å². The largest absolute Gasteiger partial charge is 0.508 e. The molecule has 1 aromatic rings. The van der Waals surface area contributed by atoms with Crippen LogP contribution in [0.5, 0.6) is 5.75 Å².